The molecule has 8 nitrogen and oxygen atoms in total. The molecule has 3 N–H and O–H groups in total. The van der Waals surface area contributed by atoms with Gasteiger partial charge in [0.1, 0.15) is 11.4 Å². The van der Waals surface area contributed by atoms with Crippen LogP contribution in [0.2, 0.25) is 5.02 Å². The number of nitrogens with one attached hydrogen (secondary N) is 2. The monoisotopic (exact) mass is 336 g/mol. The van der Waals surface area contributed by atoms with E-state index in [1.54, 1.807) is 0 Å². The van der Waals surface area contributed by atoms with Crippen LogP contribution in [-0.2, 0) is 14.8 Å². The summed E-state index contributed by atoms with van der Waals surface area (Å²) in [6.45, 7) is -0.812. The van der Waals surface area contributed by atoms with E-state index in [4.69, 9.17) is 21.4 Å². The van der Waals surface area contributed by atoms with E-state index in [2.05, 4.69) is 5.32 Å². The van der Waals surface area contributed by atoms with Gasteiger partial charge in [-0.05, 0) is 12.1 Å². The molecule has 0 unspecified atom stereocenters. The van der Waals surface area contributed by atoms with E-state index in [0.29, 0.717) is 0 Å². The number of carbonyl (C=O) groups excluding carboxylic acids is 1. The third kappa shape index (κ3) is 4.06. The number of methoxy groups -OCH3 is 1. The van der Waals surface area contributed by atoms with E-state index in [-0.39, 0.29) is 16.3 Å². The molecule has 0 fully saturated rings. The van der Waals surface area contributed by atoms with Gasteiger partial charge in [0.15, 0.2) is 5.75 Å². The predicted molar refractivity (Wildman–Crippen MR) is 74.2 cm³/mol. The highest BCUT2D eigenvalue weighted by Gasteiger charge is 2.25. The highest BCUT2D eigenvalue weighted by molar-refractivity contribution is 7.89. The molecule has 0 radical (unpaired) electrons. The second-order valence-corrected chi connectivity index (χ2v) is 5.95. The summed E-state index contributed by atoms with van der Waals surface area (Å²) in [7, 11) is -1.66. The number of amides is 1. The number of halogens is 1. The Morgan fingerprint density at radius 1 is 1.38 bits per heavy atom. The smallest absolute Gasteiger partial charge is 0.318 e. The summed E-state index contributed by atoms with van der Waals surface area (Å²) in [6.07, 6.45) is 0. The number of carbonyl (C=O) groups is 2. The summed E-state index contributed by atoms with van der Waals surface area (Å²) in [5.41, 5.74) is -0.0804. The highest BCUT2D eigenvalue weighted by Crippen LogP contribution is 2.31. The van der Waals surface area contributed by atoms with Crippen LogP contribution in [0.3, 0.4) is 0 Å². The molecule has 0 spiro atoms. The molecular formula is C11H13ClN2O6S. The molecule has 1 aromatic carbocycles. The minimum Gasteiger partial charge on any atom is -0.494 e. The van der Waals surface area contributed by atoms with E-state index >= 15 is 0 Å². The van der Waals surface area contributed by atoms with Crippen LogP contribution in [0.25, 0.3) is 0 Å². The first kappa shape index (κ1) is 17.2. The Labute approximate surface area is 126 Å². The maximum absolute atomic E-state index is 12.1. The van der Waals surface area contributed by atoms with Crippen LogP contribution in [0.4, 0.5) is 0 Å². The molecule has 1 amide bonds. The van der Waals surface area contributed by atoms with Gasteiger partial charge in [0.05, 0.1) is 12.7 Å². The predicted octanol–water partition coefficient (Wildman–Crippen LogP) is 0.0711. The Hall–Kier alpha value is -1.84. The molecule has 0 aliphatic heterocycles. The molecule has 1 rings (SSSR count). The topological polar surface area (TPSA) is 122 Å². The van der Waals surface area contributed by atoms with Crippen LogP contribution in [0.5, 0.6) is 5.75 Å². The minimum atomic E-state index is -4.21. The number of carboxylic acid groups (broad SMARTS) is 1. The molecule has 0 aliphatic carbocycles. The van der Waals surface area contributed by atoms with E-state index in [1.807, 2.05) is 4.72 Å². The molecule has 0 atom stereocenters. The van der Waals surface area contributed by atoms with Gasteiger partial charge in [-0.25, -0.2) is 8.42 Å². The van der Waals surface area contributed by atoms with Crippen LogP contribution in [-0.4, -0.2) is 46.1 Å². The number of ether oxygens (including phenoxy) is 1. The number of sulfonamides is 1. The van der Waals surface area contributed by atoms with Crippen molar-refractivity contribution < 1.29 is 27.9 Å². The van der Waals surface area contributed by atoms with Crippen LogP contribution in [0.1, 0.15) is 10.4 Å². The van der Waals surface area contributed by atoms with E-state index < -0.39 is 33.3 Å². The van der Waals surface area contributed by atoms with Crippen molar-refractivity contribution in [1.29, 1.82) is 0 Å². The third-order valence-electron chi connectivity index (χ3n) is 2.40. The lowest BCUT2D eigenvalue weighted by molar-refractivity contribution is -0.135. The number of rotatable bonds is 6. The van der Waals surface area contributed by atoms with Crippen molar-refractivity contribution >= 4 is 33.5 Å². The van der Waals surface area contributed by atoms with Gasteiger partial charge in [0.2, 0.25) is 10.0 Å². The lowest BCUT2D eigenvalue weighted by atomic mass is 10.2. The van der Waals surface area contributed by atoms with E-state index in [1.165, 1.54) is 20.2 Å². The summed E-state index contributed by atoms with van der Waals surface area (Å²) in [5, 5.41) is 10.9. The standard InChI is InChI=1S/C11H13ClN2O6S/c1-13-11(17)7-3-6(12)4-8(10(7)20-2)21(18,19)14-5-9(15)16/h3-4,14H,5H2,1-2H3,(H,13,17)(H,15,16). The van der Waals surface area contributed by atoms with Gasteiger partial charge >= 0.3 is 5.97 Å². The van der Waals surface area contributed by atoms with Crippen molar-refractivity contribution in [2.45, 2.75) is 4.90 Å². The SMILES string of the molecule is CNC(=O)c1cc(Cl)cc(S(=O)(=O)NCC(=O)O)c1OC. The fourth-order valence-corrected chi connectivity index (χ4v) is 2.99. The van der Waals surface area contributed by atoms with Crippen molar-refractivity contribution in [3.8, 4) is 5.75 Å². The summed E-state index contributed by atoms with van der Waals surface area (Å²) in [5.74, 6) is -2.17. The van der Waals surface area contributed by atoms with Gasteiger partial charge < -0.3 is 15.2 Å². The van der Waals surface area contributed by atoms with Crippen LogP contribution in [0, 0.1) is 0 Å². The van der Waals surface area contributed by atoms with Gasteiger partial charge in [-0.1, -0.05) is 11.6 Å². The average molecular weight is 337 g/mol. The van der Waals surface area contributed by atoms with Gasteiger partial charge in [0, 0.05) is 12.1 Å². The summed E-state index contributed by atoms with van der Waals surface area (Å²) >= 11 is 5.80. The first-order valence-corrected chi connectivity index (χ1v) is 7.40. The fraction of sp³-hybridized carbons (Fsp3) is 0.273. The third-order valence-corrected chi connectivity index (χ3v) is 4.02. The number of benzene rings is 1. The lowest BCUT2D eigenvalue weighted by Gasteiger charge is -2.14. The summed E-state index contributed by atoms with van der Waals surface area (Å²) in [4.78, 5) is 21.8. The Morgan fingerprint density at radius 2 is 2.00 bits per heavy atom. The lowest BCUT2D eigenvalue weighted by Crippen LogP contribution is -2.30. The minimum absolute atomic E-state index is 0.00917. The molecular weight excluding hydrogens is 324 g/mol. The fourth-order valence-electron chi connectivity index (χ4n) is 1.52. The van der Waals surface area contributed by atoms with Gasteiger partial charge in [-0.3, -0.25) is 9.59 Å². The molecule has 0 saturated heterocycles. The second kappa shape index (κ2) is 6.74. The van der Waals surface area contributed by atoms with E-state index in [9.17, 15) is 18.0 Å². The molecule has 0 aromatic heterocycles. The second-order valence-electron chi connectivity index (χ2n) is 3.78. The Morgan fingerprint density at radius 3 is 2.48 bits per heavy atom. The number of carboxylic acids is 1. The van der Waals surface area contributed by atoms with Gasteiger partial charge in [0.25, 0.3) is 5.91 Å². The number of hydrogen-bond acceptors (Lipinski definition) is 5. The maximum atomic E-state index is 12.1. The molecule has 116 valence electrons. The molecule has 0 heterocycles. The van der Waals surface area contributed by atoms with Crippen molar-refractivity contribution in [3.05, 3.63) is 22.7 Å². The van der Waals surface area contributed by atoms with Crippen LogP contribution >= 0.6 is 11.6 Å². The Balaban J connectivity index is 3.45. The zero-order chi connectivity index (χ0) is 16.2. The summed E-state index contributed by atoms with van der Waals surface area (Å²) in [6, 6.07) is 2.31. The average Bonchev–Trinajstić information content (AvgIpc) is 2.43. The number of aliphatic carboxylic acids is 1. The Bertz CT molecular complexity index is 674. The molecule has 0 bridgehead atoms. The van der Waals surface area contributed by atoms with Crippen molar-refractivity contribution in [2.75, 3.05) is 20.7 Å². The first-order valence-electron chi connectivity index (χ1n) is 5.54. The van der Waals surface area contributed by atoms with E-state index in [0.717, 1.165) is 6.07 Å². The molecule has 0 aliphatic rings. The number of hydrogen-bond donors (Lipinski definition) is 3. The largest absolute Gasteiger partial charge is 0.494 e. The summed E-state index contributed by atoms with van der Waals surface area (Å²) < 4.78 is 31.0. The van der Waals surface area contributed by atoms with Crippen LogP contribution < -0.4 is 14.8 Å². The van der Waals surface area contributed by atoms with Gasteiger partial charge in [-0.15, -0.1) is 0 Å². The first-order chi connectivity index (χ1) is 9.72. The molecule has 21 heavy (non-hydrogen) atoms. The van der Waals surface area contributed by atoms with Crippen molar-refractivity contribution in [1.82, 2.24) is 10.0 Å². The normalized spacial score (nSPS) is 11.0. The molecule has 10 heteroatoms. The zero-order valence-corrected chi connectivity index (χ0v) is 12.7. The highest BCUT2D eigenvalue weighted by atomic mass is 35.5. The van der Waals surface area contributed by atoms with Crippen LogP contribution in [0.15, 0.2) is 17.0 Å². The quantitative estimate of drug-likeness (QED) is 0.676. The molecule has 0 saturated carbocycles. The Kier molecular flexibility index (Phi) is 5.53. The maximum Gasteiger partial charge on any atom is 0.318 e. The van der Waals surface area contributed by atoms with Gasteiger partial charge in [-0.2, -0.15) is 4.72 Å². The van der Waals surface area contributed by atoms with Crippen molar-refractivity contribution in [3.63, 3.8) is 0 Å². The molecule has 1 aromatic rings. The zero-order valence-electron chi connectivity index (χ0n) is 11.1. The van der Waals surface area contributed by atoms with Crippen molar-refractivity contribution in [2.24, 2.45) is 0 Å².